The van der Waals surface area contributed by atoms with Gasteiger partial charge >= 0.3 is 0 Å². The number of hydrogen-bond donors (Lipinski definition) is 1. The van der Waals surface area contributed by atoms with Crippen LogP contribution in [-0.4, -0.2) is 44.2 Å². The Morgan fingerprint density at radius 1 is 1.11 bits per heavy atom. The van der Waals surface area contributed by atoms with Gasteiger partial charge in [-0.15, -0.1) is 0 Å². The fourth-order valence-electron chi connectivity index (χ4n) is 2.61. The minimum atomic E-state index is 0.803. The average Bonchev–Trinajstić information content (AvgIpc) is 2.40. The van der Waals surface area contributed by atoms with E-state index in [0.717, 1.165) is 45.7 Å². The fraction of sp³-hybridized carbons (Fsp3) is 0.600. The smallest absolute Gasteiger partial charge is 0.0399 e. The number of rotatable bonds is 4. The molecule has 2 N–H and O–H groups in total. The number of hydrogen-bond acceptors (Lipinski definition) is 3. The van der Waals surface area contributed by atoms with Crippen molar-refractivity contribution in [3.63, 3.8) is 0 Å². The van der Waals surface area contributed by atoms with Crippen molar-refractivity contribution < 1.29 is 0 Å². The van der Waals surface area contributed by atoms with Crippen LogP contribution in [-0.2, 0) is 0 Å². The normalized spacial score (nSPS) is 17.2. The van der Waals surface area contributed by atoms with Crippen LogP contribution in [0.2, 0.25) is 0 Å². The molecule has 0 aliphatic carbocycles. The van der Waals surface area contributed by atoms with E-state index < -0.39 is 0 Å². The summed E-state index contributed by atoms with van der Waals surface area (Å²) in [5, 5.41) is 0. The third-order valence-electron chi connectivity index (χ3n) is 3.97. The first-order chi connectivity index (χ1) is 8.72. The van der Waals surface area contributed by atoms with E-state index in [4.69, 9.17) is 5.73 Å². The molecular formula is C15H25N3. The Bertz CT molecular complexity index is 381. The summed E-state index contributed by atoms with van der Waals surface area (Å²) in [5.74, 6) is 0. The molecule has 1 fully saturated rings. The number of aryl methyl sites for hydroxylation is 1. The zero-order valence-corrected chi connectivity index (χ0v) is 11.7. The maximum absolute atomic E-state index is 5.56. The lowest BCUT2D eigenvalue weighted by atomic mass is 10.1. The number of piperazine rings is 1. The molecule has 0 saturated carbocycles. The lowest BCUT2D eigenvalue weighted by Crippen LogP contribution is -2.47. The highest BCUT2D eigenvalue weighted by Crippen LogP contribution is 2.23. The molecule has 3 nitrogen and oxygen atoms in total. The first-order valence-corrected chi connectivity index (χ1v) is 6.96. The standard InChI is InChI=1S/C15H25N3/c1-13-5-3-6-15(14(13)2)18-11-9-17(10-12-18)8-4-7-16/h3,5-6H,4,7-12,16H2,1-2H3. The highest BCUT2D eigenvalue weighted by molar-refractivity contribution is 5.56. The summed E-state index contributed by atoms with van der Waals surface area (Å²) in [6, 6.07) is 6.60. The lowest BCUT2D eigenvalue weighted by Gasteiger charge is -2.37. The van der Waals surface area contributed by atoms with E-state index in [9.17, 15) is 0 Å². The van der Waals surface area contributed by atoms with Crippen LogP contribution in [0.5, 0.6) is 0 Å². The molecule has 100 valence electrons. The van der Waals surface area contributed by atoms with Crippen molar-refractivity contribution in [1.29, 1.82) is 0 Å². The third kappa shape index (κ3) is 3.03. The highest BCUT2D eigenvalue weighted by Gasteiger charge is 2.17. The molecule has 0 spiro atoms. The second-order valence-corrected chi connectivity index (χ2v) is 5.19. The van der Waals surface area contributed by atoms with Crippen molar-refractivity contribution in [2.75, 3.05) is 44.2 Å². The van der Waals surface area contributed by atoms with Gasteiger partial charge in [0.1, 0.15) is 0 Å². The van der Waals surface area contributed by atoms with Gasteiger partial charge in [-0.3, -0.25) is 4.90 Å². The van der Waals surface area contributed by atoms with Crippen LogP contribution in [0, 0.1) is 13.8 Å². The van der Waals surface area contributed by atoms with Gasteiger partial charge in [0.2, 0.25) is 0 Å². The average molecular weight is 247 g/mol. The van der Waals surface area contributed by atoms with E-state index in [1.54, 1.807) is 0 Å². The molecule has 0 unspecified atom stereocenters. The summed E-state index contributed by atoms with van der Waals surface area (Å²) >= 11 is 0. The zero-order chi connectivity index (χ0) is 13.0. The third-order valence-corrected chi connectivity index (χ3v) is 3.97. The molecule has 0 radical (unpaired) electrons. The molecule has 0 atom stereocenters. The van der Waals surface area contributed by atoms with Gasteiger partial charge in [0, 0.05) is 31.9 Å². The van der Waals surface area contributed by atoms with Crippen molar-refractivity contribution >= 4 is 5.69 Å². The molecule has 1 aliphatic rings. The molecule has 3 heteroatoms. The van der Waals surface area contributed by atoms with Gasteiger partial charge in [-0.05, 0) is 50.6 Å². The van der Waals surface area contributed by atoms with Gasteiger partial charge in [0.05, 0.1) is 0 Å². The van der Waals surface area contributed by atoms with Crippen LogP contribution in [0.25, 0.3) is 0 Å². The first-order valence-electron chi connectivity index (χ1n) is 6.96. The monoisotopic (exact) mass is 247 g/mol. The molecule has 18 heavy (non-hydrogen) atoms. The Labute approximate surface area is 111 Å². The van der Waals surface area contributed by atoms with Crippen molar-refractivity contribution in [2.24, 2.45) is 5.73 Å². The summed E-state index contributed by atoms with van der Waals surface area (Å²) in [7, 11) is 0. The lowest BCUT2D eigenvalue weighted by molar-refractivity contribution is 0.256. The minimum Gasteiger partial charge on any atom is -0.369 e. The molecule has 1 aliphatic heterocycles. The number of benzene rings is 1. The summed E-state index contributed by atoms with van der Waals surface area (Å²) in [6.07, 6.45) is 1.11. The van der Waals surface area contributed by atoms with Crippen molar-refractivity contribution in [3.8, 4) is 0 Å². The first kappa shape index (κ1) is 13.4. The maximum atomic E-state index is 5.56. The molecule has 0 amide bonds. The zero-order valence-electron chi connectivity index (χ0n) is 11.7. The second-order valence-electron chi connectivity index (χ2n) is 5.19. The molecule has 1 saturated heterocycles. The second kappa shape index (κ2) is 6.21. The molecule has 2 rings (SSSR count). The quantitative estimate of drug-likeness (QED) is 0.880. The highest BCUT2D eigenvalue weighted by atomic mass is 15.3. The predicted molar refractivity (Wildman–Crippen MR) is 78.2 cm³/mol. The molecule has 1 aromatic carbocycles. The largest absolute Gasteiger partial charge is 0.369 e. The van der Waals surface area contributed by atoms with Gasteiger partial charge in [0.25, 0.3) is 0 Å². The van der Waals surface area contributed by atoms with Gasteiger partial charge in [0.15, 0.2) is 0 Å². The summed E-state index contributed by atoms with van der Waals surface area (Å²) in [6.45, 7) is 11.0. The van der Waals surface area contributed by atoms with Gasteiger partial charge in [-0.2, -0.15) is 0 Å². The van der Waals surface area contributed by atoms with Crippen molar-refractivity contribution in [1.82, 2.24) is 4.90 Å². The van der Waals surface area contributed by atoms with Crippen LogP contribution in [0.4, 0.5) is 5.69 Å². The SMILES string of the molecule is Cc1cccc(N2CCN(CCCN)CC2)c1C. The Morgan fingerprint density at radius 3 is 2.50 bits per heavy atom. The topological polar surface area (TPSA) is 32.5 Å². The minimum absolute atomic E-state index is 0.803. The van der Waals surface area contributed by atoms with Crippen LogP contribution in [0.1, 0.15) is 17.5 Å². The van der Waals surface area contributed by atoms with Crippen molar-refractivity contribution in [2.45, 2.75) is 20.3 Å². The molecule has 1 heterocycles. The van der Waals surface area contributed by atoms with E-state index in [0.29, 0.717) is 0 Å². The van der Waals surface area contributed by atoms with Gasteiger partial charge < -0.3 is 10.6 Å². The van der Waals surface area contributed by atoms with Crippen LogP contribution >= 0.6 is 0 Å². The maximum Gasteiger partial charge on any atom is 0.0399 e. The van der Waals surface area contributed by atoms with Gasteiger partial charge in [-0.25, -0.2) is 0 Å². The van der Waals surface area contributed by atoms with E-state index >= 15 is 0 Å². The van der Waals surface area contributed by atoms with Gasteiger partial charge in [-0.1, -0.05) is 12.1 Å². The molecular weight excluding hydrogens is 222 g/mol. The van der Waals surface area contributed by atoms with E-state index in [1.807, 2.05) is 0 Å². The Kier molecular flexibility index (Phi) is 4.61. The molecule has 1 aromatic rings. The van der Waals surface area contributed by atoms with E-state index in [1.165, 1.54) is 16.8 Å². The molecule has 0 aromatic heterocycles. The predicted octanol–water partition coefficient (Wildman–Crippen LogP) is 1.77. The summed E-state index contributed by atoms with van der Waals surface area (Å²) < 4.78 is 0. The summed E-state index contributed by atoms with van der Waals surface area (Å²) in [4.78, 5) is 5.04. The Morgan fingerprint density at radius 2 is 1.83 bits per heavy atom. The van der Waals surface area contributed by atoms with Crippen LogP contribution < -0.4 is 10.6 Å². The van der Waals surface area contributed by atoms with Crippen LogP contribution in [0.15, 0.2) is 18.2 Å². The Hall–Kier alpha value is -1.06. The molecule has 0 bridgehead atoms. The van der Waals surface area contributed by atoms with Crippen LogP contribution in [0.3, 0.4) is 0 Å². The number of anilines is 1. The van der Waals surface area contributed by atoms with E-state index in [-0.39, 0.29) is 0 Å². The number of nitrogens with two attached hydrogens (primary N) is 1. The van der Waals surface area contributed by atoms with E-state index in [2.05, 4.69) is 41.8 Å². The number of nitrogens with zero attached hydrogens (tertiary/aromatic N) is 2. The Balaban J connectivity index is 1.95. The van der Waals surface area contributed by atoms with Crippen molar-refractivity contribution in [3.05, 3.63) is 29.3 Å². The summed E-state index contributed by atoms with van der Waals surface area (Å²) in [5.41, 5.74) is 9.79. The fourth-order valence-corrected chi connectivity index (χ4v) is 2.61.